The second-order valence-electron chi connectivity index (χ2n) is 10.9. The van der Waals surface area contributed by atoms with Gasteiger partial charge in [0.25, 0.3) is 0 Å². The number of esters is 1. The molecule has 4 aliphatic heterocycles. The number of ether oxygens (including phenoxy) is 4. The summed E-state index contributed by atoms with van der Waals surface area (Å²) in [7, 11) is 0. The lowest BCUT2D eigenvalue weighted by Crippen LogP contribution is -2.64. The van der Waals surface area contributed by atoms with Crippen molar-refractivity contribution in [3.05, 3.63) is 24.2 Å². The molecule has 208 valence electrons. The first-order chi connectivity index (χ1) is 18.2. The number of hydrogen-bond acceptors (Lipinski definition) is 11. The van der Waals surface area contributed by atoms with E-state index in [2.05, 4.69) is 16.3 Å². The van der Waals surface area contributed by atoms with Gasteiger partial charge < -0.3 is 38.7 Å². The lowest BCUT2D eigenvalue weighted by molar-refractivity contribution is -0.297. The van der Waals surface area contributed by atoms with Gasteiger partial charge >= 0.3 is 5.97 Å². The molecule has 0 saturated carbocycles. The van der Waals surface area contributed by atoms with Crippen LogP contribution in [0.1, 0.15) is 50.1 Å². The molecule has 0 radical (unpaired) electrons. The quantitative estimate of drug-likeness (QED) is 0.476. The number of likely N-dealkylation sites (tertiary alicyclic amines) is 2. The van der Waals surface area contributed by atoms with E-state index in [1.165, 1.54) is 12.3 Å². The number of nitrogens with one attached hydrogen (secondary N) is 1. The van der Waals surface area contributed by atoms with E-state index in [1.807, 2.05) is 0 Å². The van der Waals surface area contributed by atoms with Crippen molar-refractivity contribution < 1.29 is 38.1 Å². The van der Waals surface area contributed by atoms with Gasteiger partial charge in [-0.25, -0.2) is 4.79 Å². The van der Waals surface area contributed by atoms with E-state index in [1.54, 1.807) is 24.8 Å². The fourth-order valence-corrected chi connectivity index (χ4v) is 5.85. The lowest BCUT2D eigenvalue weighted by Gasteiger charge is -2.45. The standard InChI is InChI=1S/C26H36N4O8/c1-25(2)37-23-22(32)20(36-24(33)19-6-4-12-34-19)15-35-26(23,38-25)16-29-10-7-17(8-11-29)28-14-21(31)30-9-3-5-18(30)13-27/h4,6,12,17-18,20,22-23,28,32H,3,5,7-11,14-16H2,1-2H3/t18-,20+,22+,23-,26-/m0/s1. The summed E-state index contributed by atoms with van der Waals surface area (Å²) >= 11 is 0. The molecule has 4 saturated heterocycles. The maximum Gasteiger partial charge on any atom is 0.374 e. The van der Waals surface area contributed by atoms with E-state index in [0.717, 1.165) is 38.8 Å². The Hall–Kier alpha value is -2.53. The van der Waals surface area contributed by atoms with E-state index in [9.17, 15) is 20.0 Å². The first-order valence-corrected chi connectivity index (χ1v) is 13.3. The van der Waals surface area contributed by atoms with Crippen molar-refractivity contribution in [3.8, 4) is 6.07 Å². The number of nitrogens with zero attached hydrogens (tertiary/aromatic N) is 3. The Morgan fingerprint density at radius 1 is 1.26 bits per heavy atom. The monoisotopic (exact) mass is 532 g/mol. The zero-order valence-electron chi connectivity index (χ0n) is 21.8. The smallest absolute Gasteiger partial charge is 0.374 e. The molecule has 0 spiro atoms. The summed E-state index contributed by atoms with van der Waals surface area (Å²) in [5, 5.41) is 23.7. The Morgan fingerprint density at radius 2 is 2.05 bits per heavy atom. The van der Waals surface area contributed by atoms with Crippen molar-refractivity contribution >= 4 is 11.9 Å². The van der Waals surface area contributed by atoms with Gasteiger partial charge in [0.05, 0.1) is 32.0 Å². The van der Waals surface area contributed by atoms with Crippen molar-refractivity contribution in [2.45, 2.75) is 81.5 Å². The highest BCUT2D eigenvalue weighted by Crippen LogP contribution is 2.43. The van der Waals surface area contributed by atoms with Gasteiger partial charge in [-0.05, 0) is 64.8 Å². The maximum atomic E-state index is 12.6. The molecule has 12 heteroatoms. The minimum atomic E-state index is -1.21. The minimum absolute atomic E-state index is 0.0242. The molecule has 12 nitrogen and oxygen atoms in total. The number of rotatable bonds is 7. The van der Waals surface area contributed by atoms with Gasteiger partial charge in [0.15, 0.2) is 11.9 Å². The zero-order chi connectivity index (χ0) is 26.9. The second-order valence-corrected chi connectivity index (χ2v) is 10.9. The van der Waals surface area contributed by atoms with Gasteiger partial charge in [0.1, 0.15) is 18.2 Å². The summed E-state index contributed by atoms with van der Waals surface area (Å²) in [4.78, 5) is 28.8. The molecule has 1 aromatic heterocycles. The molecule has 5 rings (SSSR count). The summed E-state index contributed by atoms with van der Waals surface area (Å²) < 4.78 is 29.0. The molecule has 38 heavy (non-hydrogen) atoms. The van der Waals surface area contributed by atoms with E-state index in [-0.39, 0.29) is 36.9 Å². The van der Waals surface area contributed by atoms with Crippen molar-refractivity contribution in [3.63, 3.8) is 0 Å². The fourth-order valence-electron chi connectivity index (χ4n) is 5.85. The number of nitriles is 1. The summed E-state index contributed by atoms with van der Waals surface area (Å²) in [5.74, 6) is -2.88. The molecule has 4 aliphatic rings. The Kier molecular flexibility index (Phi) is 7.77. The van der Waals surface area contributed by atoms with Gasteiger partial charge in [-0.3, -0.25) is 9.69 Å². The van der Waals surface area contributed by atoms with E-state index >= 15 is 0 Å². The average molecular weight is 533 g/mol. The van der Waals surface area contributed by atoms with E-state index < -0.39 is 35.9 Å². The molecule has 2 N–H and O–H groups in total. The van der Waals surface area contributed by atoms with Crippen LogP contribution in [0.2, 0.25) is 0 Å². The van der Waals surface area contributed by atoms with Crippen LogP contribution in [0.5, 0.6) is 0 Å². The Morgan fingerprint density at radius 3 is 2.76 bits per heavy atom. The van der Waals surface area contributed by atoms with Crippen molar-refractivity contribution in [1.29, 1.82) is 5.26 Å². The van der Waals surface area contributed by atoms with E-state index in [4.69, 9.17) is 23.4 Å². The van der Waals surface area contributed by atoms with Crippen LogP contribution in [0.25, 0.3) is 0 Å². The Labute approximate surface area is 221 Å². The lowest BCUT2D eigenvalue weighted by atomic mass is 9.95. The molecular formula is C26H36N4O8. The van der Waals surface area contributed by atoms with Crippen LogP contribution in [-0.4, -0.2) is 108 Å². The third-order valence-electron chi connectivity index (χ3n) is 7.72. The summed E-state index contributed by atoms with van der Waals surface area (Å²) in [5.41, 5.74) is 0. The largest absolute Gasteiger partial charge is 0.457 e. The molecule has 5 heterocycles. The van der Waals surface area contributed by atoms with Crippen LogP contribution in [0.4, 0.5) is 0 Å². The maximum absolute atomic E-state index is 12.6. The number of aliphatic hydroxyl groups is 1. The SMILES string of the molecule is CC1(C)O[C@H]2[C@H](O)[C@H](OC(=O)c3ccco3)CO[C@@]2(CN2CCC(NCC(=O)N3CCC[C@H]3C#N)CC2)O1. The molecule has 4 fully saturated rings. The highest BCUT2D eigenvalue weighted by atomic mass is 16.8. The predicted molar refractivity (Wildman–Crippen MR) is 130 cm³/mol. The number of fused-ring (bicyclic) bond motifs is 1. The normalized spacial score (nSPS) is 33.6. The van der Waals surface area contributed by atoms with Gasteiger partial charge in [0, 0.05) is 12.6 Å². The van der Waals surface area contributed by atoms with Crippen LogP contribution in [-0.2, 0) is 23.7 Å². The topological polar surface area (TPSA) is 147 Å². The number of carbonyl (C=O) groups is 2. The van der Waals surface area contributed by atoms with E-state index in [0.29, 0.717) is 13.1 Å². The number of carbonyl (C=O) groups excluding carboxylic acids is 2. The number of piperidine rings is 1. The predicted octanol–water partition coefficient (Wildman–Crippen LogP) is 0.612. The third kappa shape index (κ3) is 5.59. The molecule has 0 aliphatic carbocycles. The molecular weight excluding hydrogens is 496 g/mol. The second kappa shape index (κ2) is 10.9. The van der Waals surface area contributed by atoms with Gasteiger partial charge in [-0.15, -0.1) is 0 Å². The van der Waals surface area contributed by atoms with Crippen LogP contribution in [0.15, 0.2) is 22.8 Å². The number of amides is 1. The fraction of sp³-hybridized carbons (Fsp3) is 0.731. The molecule has 5 atom stereocenters. The summed E-state index contributed by atoms with van der Waals surface area (Å²) in [6, 6.07) is 5.16. The van der Waals surface area contributed by atoms with Crippen LogP contribution in [0, 0.1) is 11.3 Å². The highest BCUT2D eigenvalue weighted by Gasteiger charge is 2.62. The first-order valence-electron chi connectivity index (χ1n) is 13.3. The Bertz CT molecular complexity index is 1030. The molecule has 0 bridgehead atoms. The third-order valence-corrected chi connectivity index (χ3v) is 7.72. The van der Waals surface area contributed by atoms with Gasteiger partial charge in [-0.2, -0.15) is 5.26 Å². The first kappa shape index (κ1) is 27.1. The molecule has 1 aromatic rings. The molecule has 1 amide bonds. The molecule has 0 unspecified atom stereocenters. The van der Waals surface area contributed by atoms with Gasteiger partial charge in [0.2, 0.25) is 17.5 Å². The van der Waals surface area contributed by atoms with Crippen LogP contribution < -0.4 is 5.32 Å². The zero-order valence-corrected chi connectivity index (χ0v) is 21.8. The Balaban J connectivity index is 1.14. The molecule has 0 aromatic carbocycles. The highest BCUT2D eigenvalue weighted by molar-refractivity contribution is 5.86. The van der Waals surface area contributed by atoms with Crippen LogP contribution >= 0.6 is 0 Å². The average Bonchev–Trinajstić information content (AvgIpc) is 3.64. The minimum Gasteiger partial charge on any atom is -0.457 e. The van der Waals surface area contributed by atoms with Crippen molar-refractivity contribution in [1.82, 2.24) is 15.1 Å². The van der Waals surface area contributed by atoms with Gasteiger partial charge in [-0.1, -0.05) is 0 Å². The number of hydrogen-bond donors (Lipinski definition) is 2. The van der Waals surface area contributed by atoms with Crippen molar-refractivity contribution in [2.75, 3.05) is 39.3 Å². The number of furan rings is 1. The summed E-state index contributed by atoms with van der Waals surface area (Å²) in [6.07, 6.45) is 1.69. The van der Waals surface area contributed by atoms with Crippen molar-refractivity contribution in [2.24, 2.45) is 0 Å². The number of aliphatic hydroxyl groups excluding tert-OH is 1. The summed E-state index contributed by atoms with van der Waals surface area (Å²) in [6.45, 7) is 6.20. The van der Waals surface area contributed by atoms with Crippen LogP contribution in [0.3, 0.4) is 0 Å².